The van der Waals surface area contributed by atoms with E-state index in [1.54, 1.807) is 6.07 Å². The third-order valence-corrected chi connectivity index (χ3v) is 4.24. The lowest BCUT2D eigenvalue weighted by Crippen LogP contribution is -2.36. The number of nitrogens with zero attached hydrogens (tertiary/aromatic N) is 1. The lowest BCUT2D eigenvalue weighted by molar-refractivity contribution is 0.0284. The Labute approximate surface area is 135 Å². The highest BCUT2D eigenvalue weighted by molar-refractivity contribution is 6.35. The number of hydrogen-bond donors (Lipinski definition) is 2. The Morgan fingerprint density at radius 3 is 2.90 bits per heavy atom. The molecule has 0 spiro atoms. The third-order valence-electron chi connectivity index (χ3n) is 3.68. The summed E-state index contributed by atoms with van der Waals surface area (Å²) in [5.74, 6) is 0.394. The molecule has 0 radical (unpaired) electrons. The number of nitrogens with two attached hydrogens (primary N) is 1. The van der Waals surface area contributed by atoms with Crippen LogP contribution in [0.15, 0.2) is 23.2 Å². The molecule has 116 valence electrons. The Hall–Kier alpha value is -0.970. The molecule has 0 saturated carbocycles. The van der Waals surface area contributed by atoms with Crippen molar-refractivity contribution in [2.24, 2.45) is 10.7 Å². The minimum absolute atomic E-state index is 0.0455. The number of benzene rings is 1. The molecular weight excluding hydrogens is 309 g/mol. The van der Waals surface area contributed by atoms with E-state index in [1.807, 2.05) is 19.1 Å². The molecule has 1 aromatic rings. The molecule has 3 N–H and O–H groups in total. The van der Waals surface area contributed by atoms with Crippen molar-refractivity contribution in [3.05, 3.63) is 33.8 Å². The van der Waals surface area contributed by atoms with Crippen LogP contribution in [-0.4, -0.2) is 24.7 Å². The van der Waals surface area contributed by atoms with Crippen LogP contribution in [0.3, 0.4) is 0 Å². The molecule has 2 atom stereocenters. The first-order valence-corrected chi connectivity index (χ1v) is 7.81. The highest BCUT2D eigenvalue weighted by Gasteiger charge is 2.29. The second kappa shape index (κ2) is 6.86. The van der Waals surface area contributed by atoms with Crippen LogP contribution in [0.25, 0.3) is 0 Å². The summed E-state index contributed by atoms with van der Waals surface area (Å²) in [5, 5.41) is 4.37. The first-order valence-electron chi connectivity index (χ1n) is 7.05. The van der Waals surface area contributed by atoms with E-state index in [9.17, 15) is 0 Å². The highest BCUT2D eigenvalue weighted by Crippen LogP contribution is 2.26. The van der Waals surface area contributed by atoms with Crippen LogP contribution < -0.4 is 11.1 Å². The van der Waals surface area contributed by atoms with E-state index in [0.717, 1.165) is 25.0 Å². The fourth-order valence-electron chi connectivity index (χ4n) is 2.41. The van der Waals surface area contributed by atoms with Gasteiger partial charge in [-0.15, -0.1) is 0 Å². The predicted molar refractivity (Wildman–Crippen MR) is 88.1 cm³/mol. The molecule has 1 aliphatic heterocycles. The molecule has 6 heteroatoms. The van der Waals surface area contributed by atoms with Gasteiger partial charge in [0.05, 0.1) is 18.2 Å². The Balaban J connectivity index is 1.96. The molecule has 0 aromatic heterocycles. The Morgan fingerprint density at radius 1 is 1.52 bits per heavy atom. The minimum atomic E-state index is -0.187. The quantitative estimate of drug-likeness (QED) is 0.656. The van der Waals surface area contributed by atoms with Crippen LogP contribution in [0, 0.1) is 0 Å². The number of nitrogens with one attached hydrogen (secondary N) is 1. The molecule has 4 nitrogen and oxygen atoms in total. The van der Waals surface area contributed by atoms with Crippen LogP contribution in [0.5, 0.6) is 0 Å². The van der Waals surface area contributed by atoms with Gasteiger partial charge in [-0.2, -0.15) is 0 Å². The van der Waals surface area contributed by atoms with Crippen molar-refractivity contribution < 1.29 is 4.74 Å². The summed E-state index contributed by atoms with van der Waals surface area (Å²) in [6.45, 7) is 5.41. The zero-order valence-electron chi connectivity index (χ0n) is 12.3. The van der Waals surface area contributed by atoms with Crippen molar-refractivity contribution >= 4 is 29.2 Å². The topological polar surface area (TPSA) is 59.6 Å². The van der Waals surface area contributed by atoms with Crippen LogP contribution >= 0.6 is 23.2 Å². The summed E-state index contributed by atoms with van der Waals surface area (Å²) in [7, 11) is 0. The molecule has 2 unspecified atom stereocenters. The SMILES string of the molecule is CC(NC(N)=NCC1(C)CCCO1)c1ccc(Cl)cc1Cl. The van der Waals surface area contributed by atoms with E-state index >= 15 is 0 Å². The molecule has 1 aliphatic rings. The standard InChI is InChI=1S/C15H21Cl2N3O/c1-10(12-5-4-11(16)8-13(12)17)20-14(18)19-9-15(2)6-3-7-21-15/h4-5,8,10H,3,6-7,9H2,1-2H3,(H3,18,19,20). The summed E-state index contributed by atoms with van der Waals surface area (Å²) in [4.78, 5) is 4.38. The molecule has 0 amide bonds. The third kappa shape index (κ3) is 4.50. The van der Waals surface area contributed by atoms with E-state index in [2.05, 4.69) is 17.2 Å². The summed E-state index contributed by atoms with van der Waals surface area (Å²) >= 11 is 12.1. The lowest BCUT2D eigenvalue weighted by Gasteiger charge is -2.21. The number of aliphatic imine (C=N–C) groups is 1. The van der Waals surface area contributed by atoms with Crippen molar-refractivity contribution in [3.63, 3.8) is 0 Å². The van der Waals surface area contributed by atoms with Crippen LogP contribution in [0.1, 0.15) is 38.3 Å². The fraction of sp³-hybridized carbons (Fsp3) is 0.533. The van der Waals surface area contributed by atoms with Crippen molar-refractivity contribution in [1.29, 1.82) is 0 Å². The highest BCUT2D eigenvalue weighted by atomic mass is 35.5. The summed E-state index contributed by atoms with van der Waals surface area (Å²) in [5.41, 5.74) is 6.69. The number of rotatable bonds is 4. The summed E-state index contributed by atoms with van der Waals surface area (Å²) in [6.07, 6.45) is 2.10. The first-order chi connectivity index (χ1) is 9.89. The summed E-state index contributed by atoms with van der Waals surface area (Å²) in [6, 6.07) is 5.37. The van der Waals surface area contributed by atoms with Crippen LogP contribution in [-0.2, 0) is 4.74 Å². The van der Waals surface area contributed by atoms with Crippen LogP contribution in [0.4, 0.5) is 0 Å². The average Bonchev–Trinajstić information content (AvgIpc) is 2.84. The zero-order valence-corrected chi connectivity index (χ0v) is 13.8. The molecule has 21 heavy (non-hydrogen) atoms. The van der Waals surface area contributed by atoms with Gasteiger partial charge in [0.1, 0.15) is 0 Å². The zero-order chi connectivity index (χ0) is 15.5. The Morgan fingerprint density at radius 2 is 2.29 bits per heavy atom. The molecule has 0 aliphatic carbocycles. The largest absolute Gasteiger partial charge is 0.373 e. The van der Waals surface area contributed by atoms with Gasteiger partial charge in [-0.25, -0.2) is 0 Å². The Kier molecular flexibility index (Phi) is 5.36. The van der Waals surface area contributed by atoms with E-state index in [1.165, 1.54) is 0 Å². The molecule has 1 saturated heterocycles. The van der Waals surface area contributed by atoms with Gasteiger partial charge in [0, 0.05) is 16.7 Å². The molecule has 1 aromatic carbocycles. The smallest absolute Gasteiger partial charge is 0.189 e. The Bertz CT molecular complexity index is 528. The second-order valence-electron chi connectivity index (χ2n) is 5.64. The van der Waals surface area contributed by atoms with Crippen LogP contribution in [0.2, 0.25) is 10.0 Å². The lowest BCUT2D eigenvalue weighted by atomic mass is 10.0. The normalized spacial score (nSPS) is 24.1. The number of hydrogen-bond acceptors (Lipinski definition) is 2. The van der Waals surface area contributed by atoms with Crippen molar-refractivity contribution in [3.8, 4) is 0 Å². The van der Waals surface area contributed by atoms with Crippen molar-refractivity contribution in [2.75, 3.05) is 13.2 Å². The number of guanidine groups is 1. The first kappa shape index (κ1) is 16.4. The van der Waals surface area contributed by atoms with Gasteiger partial charge in [-0.05, 0) is 44.4 Å². The second-order valence-corrected chi connectivity index (χ2v) is 6.48. The maximum absolute atomic E-state index is 6.19. The van der Waals surface area contributed by atoms with Gasteiger partial charge < -0.3 is 15.8 Å². The van der Waals surface area contributed by atoms with Crippen molar-refractivity contribution in [1.82, 2.24) is 5.32 Å². The van der Waals surface area contributed by atoms with Gasteiger partial charge in [0.15, 0.2) is 5.96 Å². The van der Waals surface area contributed by atoms with Crippen molar-refractivity contribution in [2.45, 2.75) is 38.3 Å². The van der Waals surface area contributed by atoms with Gasteiger partial charge in [-0.1, -0.05) is 29.3 Å². The van der Waals surface area contributed by atoms with E-state index in [-0.39, 0.29) is 11.6 Å². The molecule has 2 rings (SSSR count). The average molecular weight is 330 g/mol. The van der Waals surface area contributed by atoms with E-state index < -0.39 is 0 Å². The van der Waals surface area contributed by atoms with Gasteiger partial charge in [0.25, 0.3) is 0 Å². The fourth-order valence-corrected chi connectivity index (χ4v) is 2.98. The summed E-state index contributed by atoms with van der Waals surface area (Å²) < 4.78 is 5.69. The van der Waals surface area contributed by atoms with E-state index in [4.69, 9.17) is 33.7 Å². The molecule has 0 bridgehead atoms. The monoisotopic (exact) mass is 329 g/mol. The molecule has 1 heterocycles. The maximum atomic E-state index is 6.19. The minimum Gasteiger partial charge on any atom is -0.373 e. The van der Waals surface area contributed by atoms with Gasteiger partial charge in [-0.3, -0.25) is 4.99 Å². The maximum Gasteiger partial charge on any atom is 0.189 e. The molecular formula is C15H21Cl2N3O. The van der Waals surface area contributed by atoms with Gasteiger partial charge in [0.2, 0.25) is 0 Å². The number of ether oxygens (including phenoxy) is 1. The molecule has 1 fully saturated rings. The van der Waals surface area contributed by atoms with E-state index in [0.29, 0.717) is 22.5 Å². The van der Waals surface area contributed by atoms with Gasteiger partial charge >= 0.3 is 0 Å². The number of halogens is 2. The predicted octanol–water partition coefficient (Wildman–Crippen LogP) is 3.53.